The Balaban J connectivity index is 1.26. The first-order chi connectivity index (χ1) is 16.6. The predicted octanol–water partition coefficient (Wildman–Crippen LogP) is 4.84. The fraction of sp³-hybridized carbons (Fsp3) is 0.370. The fourth-order valence-electron chi connectivity index (χ4n) is 4.75. The van der Waals surface area contributed by atoms with Gasteiger partial charge in [-0.05, 0) is 42.9 Å². The van der Waals surface area contributed by atoms with Crippen LogP contribution in [0.25, 0.3) is 5.69 Å². The zero-order valence-corrected chi connectivity index (χ0v) is 21.0. The van der Waals surface area contributed by atoms with E-state index in [2.05, 4.69) is 37.3 Å². The van der Waals surface area contributed by atoms with Gasteiger partial charge < -0.3 is 4.90 Å². The summed E-state index contributed by atoms with van der Waals surface area (Å²) in [7, 11) is 0. The van der Waals surface area contributed by atoms with Crippen LogP contribution in [0.3, 0.4) is 0 Å². The Bertz CT molecular complexity index is 1210. The highest BCUT2D eigenvalue weighted by Gasteiger charge is 2.28. The second-order valence-electron chi connectivity index (χ2n) is 9.08. The number of amides is 1. The van der Waals surface area contributed by atoms with Gasteiger partial charge in [0.1, 0.15) is 0 Å². The van der Waals surface area contributed by atoms with Gasteiger partial charge in [-0.2, -0.15) is 0 Å². The van der Waals surface area contributed by atoms with Crippen LogP contribution in [0.15, 0.2) is 75.5 Å². The molecule has 0 bridgehead atoms. The number of benzene rings is 2. The number of para-hydroxylation sites is 1. The molecule has 0 radical (unpaired) electrons. The first-order valence-electron chi connectivity index (χ1n) is 11.9. The van der Waals surface area contributed by atoms with Crippen LogP contribution >= 0.6 is 23.5 Å². The van der Waals surface area contributed by atoms with Gasteiger partial charge in [-0.3, -0.25) is 14.2 Å². The Morgan fingerprint density at radius 2 is 1.74 bits per heavy atom. The molecule has 0 unspecified atom stereocenters. The Morgan fingerprint density at radius 3 is 2.44 bits per heavy atom. The number of fused-ring (bicyclic) bond motifs is 1. The van der Waals surface area contributed by atoms with Crippen molar-refractivity contribution in [2.75, 3.05) is 18.8 Å². The number of likely N-dealkylation sites (tertiary alicyclic amines) is 1. The smallest absolute Gasteiger partial charge is 0.272 e. The molecule has 0 N–H and O–H groups in total. The monoisotopic (exact) mass is 491 g/mol. The van der Waals surface area contributed by atoms with E-state index < -0.39 is 0 Å². The molecule has 1 saturated heterocycles. The molecular formula is C27H29N3O2S2. The summed E-state index contributed by atoms with van der Waals surface area (Å²) in [6, 6.07) is 20.2. The number of rotatable bonds is 6. The number of carbonyl (C=O) groups excluding carboxylic acids is 1. The second kappa shape index (κ2) is 10.4. The summed E-state index contributed by atoms with van der Waals surface area (Å²) in [5.41, 5.74) is 3.00. The summed E-state index contributed by atoms with van der Waals surface area (Å²) in [6.07, 6.45) is 3.94. The molecule has 5 rings (SSSR count). The van der Waals surface area contributed by atoms with E-state index in [1.165, 1.54) is 17.3 Å². The van der Waals surface area contributed by atoms with E-state index in [0.29, 0.717) is 22.1 Å². The molecular weight excluding hydrogens is 462 g/mol. The molecule has 0 saturated carbocycles. The van der Waals surface area contributed by atoms with Crippen molar-refractivity contribution in [1.82, 2.24) is 14.5 Å². The summed E-state index contributed by atoms with van der Waals surface area (Å²) in [5.74, 6) is 1.05. The Hall–Kier alpha value is -2.51. The van der Waals surface area contributed by atoms with Crippen molar-refractivity contribution in [3.05, 3.63) is 82.3 Å². The molecule has 5 nitrogen and oxygen atoms in total. The van der Waals surface area contributed by atoms with Crippen LogP contribution in [0.4, 0.5) is 0 Å². The van der Waals surface area contributed by atoms with Crippen molar-refractivity contribution in [2.24, 2.45) is 5.92 Å². The standard InChI is InChI=1S/C27H29N3O2S2/c1-19-16-23-25(34-19)26(32)30(22-10-6-3-7-11-22)27(28-23)33-18-24(31)29-14-12-21(13-15-29)17-20-8-4-2-5-9-20/h2-11,19,21H,12-18H2,1H3/t19-/m0/s1. The Morgan fingerprint density at radius 1 is 1.06 bits per heavy atom. The number of hydrogen-bond donors (Lipinski definition) is 0. The highest BCUT2D eigenvalue weighted by Crippen LogP contribution is 2.35. The van der Waals surface area contributed by atoms with Crippen LogP contribution in [0.2, 0.25) is 0 Å². The van der Waals surface area contributed by atoms with Gasteiger partial charge in [0.15, 0.2) is 5.16 Å². The third-order valence-electron chi connectivity index (χ3n) is 6.55. The maximum Gasteiger partial charge on any atom is 0.272 e. The highest BCUT2D eigenvalue weighted by molar-refractivity contribution is 8.00. The van der Waals surface area contributed by atoms with E-state index in [9.17, 15) is 9.59 Å². The van der Waals surface area contributed by atoms with Gasteiger partial charge in [-0.1, -0.05) is 67.2 Å². The van der Waals surface area contributed by atoms with Gasteiger partial charge in [0, 0.05) is 24.8 Å². The molecule has 2 aromatic carbocycles. The minimum atomic E-state index is -0.0257. The molecule has 1 aromatic heterocycles. The Kier molecular flexibility index (Phi) is 7.11. The first kappa shape index (κ1) is 23.2. The van der Waals surface area contributed by atoms with Gasteiger partial charge in [0.25, 0.3) is 5.56 Å². The molecule has 1 atom stereocenters. The summed E-state index contributed by atoms with van der Waals surface area (Å²) < 4.78 is 1.67. The number of piperidine rings is 1. The third kappa shape index (κ3) is 5.10. The van der Waals surface area contributed by atoms with E-state index >= 15 is 0 Å². The zero-order valence-electron chi connectivity index (χ0n) is 19.4. The second-order valence-corrected chi connectivity index (χ2v) is 11.5. The number of aromatic nitrogens is 2. The van der Waals surface area contributed by atoms with Crippen LogP contribution in [0.1, 0.15) is 31.0 Å². The predicted molar refractivity (Wildman–Crippen MR) is 139 cm³/mol. The quantitative estimate of drug-likeness (QED) is 0.365. The van der Waals surface area contributed by atoms with E-state index in [-0.39, 0.29) is 11.5 Å². The molecule has 3 heterocycles. The highest BCUT2D eigenvalue weighted by atomic mass is 32.2. The summed E-state index contributed by atoms with van der Waals surface area (Å²) in [5, 5.41) is 0.954. The molecule has 0 spiro atoms. The summed E-state index contributed by atoms with van der Waals surface area (Å²) in [6.45, 7) is 3.72. The Labute approximate surface area is 209 Å². The number of nitrogens with zero attached hydrogens (tertiary/aromatic N) is 3. The molecule has 7 heteroatoms. The topological polar surface area (TPSA) is 55.2 Å². The van der Waals surface area contributed by atoms with Crippen molar-refractivity contribution < 1.29 is 4.79 Å². The minimum Gasteiger partial charge on any atom is -0.342 e. The van der Waals surface area contributed by atoms with Crippen molar-refractivity contribution in [2.45, 2.75) is 47.9 Å². The van der Waals surface area contributed by atoms with Crippen LogP contribution in [-0.2, 0) is 17.6 Å². The van der Waals surface area contributed by atoms with Crippen molar-refractivity contribution in [1.29, 1.82) is 0 Å². The molecule has 1 fully saturated rings. The van der Waals surface area contributed by atoms with Crippen LogP contribution < -0.4 is 5.56 Å². The number of hydrogen-bond acceptors (Lipinski definition) is 5. The van der Waals surface area contributed by atoms with E-state index in [0.717, 1.165) is 55.0 Å². The average Bonchev–Trinajstić information content (AvgIpc) is 3.25. The van der Waals surface area contributed by atoms with Gasteiger partial charge in [0.2, 0.25) is 5.91 Å². The van der Waals surface area contributed by atoms with Crippen LogP contribution in [0.5, 0.6) is 0 Å². The van der Waals surface area contributed by atoms with Crippen LogP contribution in [-0.4, -0.2) is 44.5 Å². The van der Waals surface area contributed by atoms with Crippen molar-refractivity contribution in [3.63, 3.8) is 0 Å². The minimum absolute atomic E-state index is 0.0257. The molecule has 176 valence electrons. The number of thioether (sulfide) groups is 2. The maximum atomic E-state index is 13.4. The number of carbonyl (C=O) groups is 1. The largest absolute Gasteiger partial charge is 0.342 e. The fourth-order valence-corrected chi connectivity index (χ4v) is 6.78. The maximum absolute atomic E-state index is 13.4. The molecule has 1 amide bonds. The average molecular weight is 492 g/mol. The van der Waals surface area contributed by atoms with Gasteiger partial charge in [-0.15, -0.1) is 11.8 Å². The first-order valence-corrected chi connectivity index (χ1v) is 13.8. The van der Waals surface area contributed by atoms with Gasteiger partial charge in [-0.25, -0.2) is 4.98 Å². The molecule has 0 aliphatic carbocycles. The lowest BCUT2D eigenvalue weighted by atomic mass is 9.90. The SMILES string of the molecule is C[C@H]1Cc2nc(SCC(=O)N3CCC(Cc4ccccc4)CC3)n(-c3ccccc3)c(=O)c2S1. The molecule has 34 heavy (non-hydrogen) atoms. The third-order valence-corrected chi connectivity index (χ3v) is 8.69. The lowest BCUT2D eigenvalue weighted by Gasteiger charge is -2.32. The van der Waals surface area contributed by atoms with Gasteiger partial charge >= 0.3 is 0 Å². The summed E-state index contributed by atoms with van der Waals surface area (Å²) in [4.78, 5) is 34.0. The lowest BCUT2D eigenvalue weighted by Crippen LogP contribution is -2.40. The lowest BCUT2D eigenvalue weighted by molar-refractivity contribution is -0.129. The van der Waals surface area contributed by atoms with Gasteiger partial charge in [0.05, 0.1) is 22.0 Å². The van der Waals surface area contributed by atoms with E-state index in [1.54, 1.807) is 16.3 Å². The molecule has 2 aliphatic heterocycles. The normalized spacial score (nSPS) is 18.1. The van der Waals surface area contributed by atoms with Crippen molar-refractivity contribution >= 4 is 29.4 Å². The molecule has 3 aromatic rings. The molecule has 2 aliphatic rings. The van der Waals surface area contributed by atoms with E-state index in [1.807, 2.05) is 35.2 Å². The van der Waals surface area contributed by atoms with Crippen molar-refractivity contribution in [3.8, 4) is 5.69 Å². The van der Waals surface area contributed by atoms with E-state index in [4.69, 9.17) is 4.98 Å². The summed E-state index contributed by atoms with van der Waals surface area (Å²) >= 11 is 2.98. The zero-order chi connectivity index (χ0) is 23.5. The van der Waals surface area contributed by atoms with Crippen LogP contribution in [0, 0.1) is 5.92 Å².